The topological polar surface area (TPSA) is 33.0 Å². The summed E-state index contributed by atoms with van der Waals surface area (Å²) in [5.74, 6) is 0.00977. The summed E-state index contributed by atoms with van der Waals surface area (Å²) in [5, 5.41) is 8.46. The number of benzene rings is 1. The van der Waals surface area contributed by atoms with Crippen molar-refractivity contribution in [1.29, 1.82) is 5.26 Å². The first-order valence-corrected chi connectivity index (χ1v) is 4.37. The zero-order valence-corrected chi connectivity index (χ0v) is 8.56. The highest BCUT2D eigenvalue weighted by Gasteiger charge is 2.08. The van der Waals surface area contributed by atoms with Crippen LogP contribution < -0.4 is 4.74 Å². The molecule has 0 N–H and O–H groups in total. The van der Waals surface area contributed by atoms with Gasteiger partial charge in [-0.1, -0.05) is 0 Å². The molecular formula is C9H7BrFNO. The number of hydrogen-bond donors (Lipinski definition) is 0. The summed E-state index contributed by atoms with van der Waals surface area (Å²) < 4.78 is 18.5. The lowest BCUT2D eigenvalue weighted by molar-refractivity contribution is 0.408. The summed E-state index contributed by atoms with van der Waals surface area (Å²) in [7, 11) is 1.45. The van der Waals surface area contributed by atoms with Crippen LogP contribution in [-0.2, 0) is 6.42 Å². The summed E-state index contributed by atoms with van der Waals surface area (Å²) in [6.07, 6.45) is 0.161. The van der Waals surface area contributed by atoms with Gasteiger partial charge in [0.05, 0.1) is 24.1 Å². The van der Waals surface area contributed by atoms with Crippen LogP contribution in [0.25, 0.3) is 0 Å². The summed E-state index contributed by atoms with van der Waals surface area (Å²) >= 11 is 3.23. The normalized spacial score (nSPS) is 9.38. The Balaban J connectivity index is 3.20. The van der Waals surface area contributed by atoms with Crippen LogP contribution in [0.15, 0.2) is 16.6 Å². The van der Waals surface area contributed by atoms with Crippen molar-refractivity contribution < 1.29 is 9.13 Å². The van der Waals surface area contributed by atoms with Gasteiger partial charge in [0.15, 0.2) is 0 Å². The van der Waals surface area contributed by atoms with Crippen LogP contribution in [-0.4, -0.2) is 7.11 Å². The lowest BCUT2D eigenvalue weighted by Gasteiger charge is -2.06. The van der Waals surface area contributed by atoms with Gasteiger partial charge in [-0.2, -0.15) is 5.26 Å². The molecule has 0 heterocycles. The van der Waals surface area contributed by atoms with Crippen molar-refractivity contribution in [3.63, 3.8) is 0 Å². The van der Waals surface area contributed by atoms with Crippen LogP contribution in [0.5, 0.6) is 5.75 Å². The van der Waals surface area contributed by atoms with Gasteiger partial charge in [0.25, 0.3) is 0 Å². The molecule has 0 aliphatic heterocycles. The van der Waals surface area contributed by atoms with E-state index in [0.717, 1.165) is 0 Å². The minimum atomic E-state index is -0.398. The monoisotopic (exact) mass is 243 g/mol. The van der Waals surface area contributed by atoms with Crippen LogP contribution in [0, 0.1) is 17.1 Å². The van der Waals surface area contributed by atoms with Crippen molar-refractivity contribution in [2.75, 3.05) is 7.11 Å². The third-order valence-electron chi connectivity index (χ3n) is 1.57. The Morgan fingerprint density at radius 3 is 2.85 bits per heavy atom. The molecule has 0 atom stereocenters. The van der Waals surface area contributed by atoms with E-state index in [1.54, 1.807) is 0 Å². The van der Waals surface area contributed by atoms with E-state index in [4.69, 9.17) is 10.00 Å². The molecule has 0 fully saturated rings. The number of methoxy groups -OCH3 is 1. The molecule has 0 saturated heterocycles. The number of nitriles is 1. The Labute approximate surface area is 84.1 Å². The number of rotatable bonds is 2. The maximum Gasteiger partial charge on any atom is 0.136 e. The van der Waals surface area contributed by atoms with E-state index in [2.05, 4.69) is 15.9 Å². The van der Waals surface area contributed by atoms with E-state index in [1.165, 1.54) is 19.2 Å². The highest BCUT2D eigenvalue weighted by atomic mass is 79.9. The molecule has 1 rings (SSSR count). The van der Waals surface area contributed by atoms with Gasteiger partial charge in [0, 0.05) is 6.07 Å². The molecule has 0 amide bonds. The van der Waals surface area contributed by atoms with Gasteiger partial charge >= 0.3 is 0 Å². The largest absolute Gasteiger partial charge is 0.495 e. The maximum absolute atomic E-state index is 12.9. The molecule has 0 aliphatic rings. The van der Waals surface area contributed by atoms with Crippen LogP contribution in [0.2, 0.25) is 0 Å². The summed E-state index contributed by atoms with van der Waals surface area (Å²) in [6, 6.07) is 4.54. The van der Waals surface area contributed by atoms with Gasteiger partial charge in [-0.3, -0.25) is 0 Å². The molecule has 0 unspecified atom stereocenters. The Hall–Kier alpha value is -1.08. The van der Waals surface area contributed by atoms with E-state index in [9.17, 15) is 4.39 Å². The minimum absolute atomic E-state index is 0.161. The van der Waals surface area contributed by atoms with Gasteiger partial charge in [0.2, 0.25) is 0 Å². The molecule has 1 aromatic carbocycles. The van der Waals surface area contributed by atoms with Gasteiger partial charge in [-0.05, 0) is 27.6 Å². The second-order valence-corrected chi connectivity index (χ2v) is 3.21. The number of hydrogen-bond acceptors (Lipinski definition) is 2. The fraction of sp³-hybridized carbons (Fsp3) is 0.222. The van der Waals surface area contributed by atoms with Crippen molar-refractivity contribution in [2.45, 2.75) is 6.42 Å². The molecule has 0 spiro atoms. The SMILES string of the molecule is COc1cc(F)cc(CC#N)c1Br. The Bertz CT molecular complexity index is 359. The van der Waals surface area contributed by atoms with Crippen molar-refractivity contribution >= 4 is 15.9 Å². The van der Waals surface area contributed by atoms with E-state index >= 15 is 0 Å². The van der Waals surface area contributed by atoms with E-state index in [1.807, 2.05) is 6.07 Å². The third-order valence-corrected chi connectivity index (χ3v) is 2.47. The minimum Gasteiger partial charge on any atom is -0.495 e. The van der Waals surface area contributed by atoms with Crippen molar-refractivity contribution in [3.8, 4) is 11.8 Å². The third kappa shape index (κ3) is 2.19. The fourth-order valence-electron chi connectivity index (χ4n) is 0.981. The van der Waals surface area contributed by atoms with Crippen LogP contribution in [0.4, 0.5) is 4.39 Å². The lowest BCUT2D eigenvalue weighted by atomic mass is 10.1. The molecule has 0 aromatic heterocycles. The Morgan fingerprint density at radius 2 is 2.31 bits per heavy atom. The molecule has 2 nitrogen and oxygen atoms in total. The molecule has 0 saturated carbocycles. The van der Waals surface area contributed by atoms with Gasteiger partial charge in [0.1, 0.15) is 11.6 Å². The zero-order chi connectivity index (χ0) is 9.84. The van der Waals surface area contributed by atoms with E-state index in [0.29, 0.717) is 15.8 Å². The highest BCUT2D eigenvalue weighted by molar-refractivity contribution is 9.10. The number of halogens is 2. The molecule has 68 valence electrons. The van der Waals surface area contributed by atoms with Gasteiger partial charge in [-0.25, -0.2) is 4.39 Å². The molecule has 1 aromatic rings. The molecule has 0 aliphatic carbocycles. The summed E-state index contributed by atoms with van der Waals surface area (Å²) in [6.45, 7) is 0. The fourth-order valence-corrected chi connectivity index (χ4v) is 1.51. The quantitative estimate of drug-likeness (QED) is 0.801. The molecule has 0 radical (unpaired) electrons. The van der Waals surface area contributed by atoms with Crippen LogP contribution >= 0.6 is 15.9 Å². The van der Waals surface area contributed by atoms with Crippen molar-refractivity contribution in [2.24, 2.45) is 0 Å². The standard InChI is InChI=1S/C9H7BrFNO/c1-13-8-5-7(11)4-6(2-3-12)9(8)10/h4-5H,2H2,1H3. The van der Waals surface area contributed by atoms with E-state index < -0.39 is 5.82 Å². The summed E-state index contributed by atoms with van der Waals surface area (Å²) in [5.41, 5.74) is 0.597. The first kappa shape index (κ1) is 10.0. The predicted molar refractivity (Wildman–Crippen MR) is 50.0 cm³/mol. The smallest absolute Gasteiger partial charge is 0.136 e. The lowest BCUT2D eigenvalue weighted by Crippen LogP contribution is -1.92. The second kappa shape index (κ2) is 4.24. The average Bonchev–Trinajstić information content (AvgIpc) is 2.11. The van der Waals surface area contributed by atoms with Crippen molar-refractivity contribution in [3.05, 3.63) is 28.0 Å². The van der Waals surface area contributed by atoms with Crippen LogP contribution in [0.3, 0.4) is 0 Å². The number of ether oxygens (including phenoxy) is 1. The Kier molecular flexibility index (Phi) is 3.26. The first-order valence-electron chi connectivity index (χ1n) is 3.58. The number of nitrogens with zero attached hydrogens (tertiary/aromatic N) is 1. The van der Waals surface area contributed by atoms with Crippen LogP contribution in [0.1, 0.15) is 5.56 Å². The first-order chi connectivity index (χ1) is 6.19. The molecule has 0 bridgehead atoms. The predicted octanol–water partition coefficient (Wildman–Crippen LogP) is 2.66. The average molecular weight is 244 g/mol. The van der Waals surface area contributed by atoms with Gasteiger partial charge < -0.3 is 4.74 Å². The van der Waals surface area contributed by atoms with Crippen molar-refractivity contribution in [1.82, 2.24) is 0 Å². The molecule has 13 heavy (non-hydrogen) atoms. The zero-order valence-electron chi connectivity index (χ0n) is 6.97. The maximum atomic E-state index is 12.9. The molecular weight excluding hydrogens is 237 g/mol. The second-order valence-electron chi connectivity index (χ2n) is 2.42. The van der Waals surface area contributed by atoms with E-state index in [-0.39, 0.29) is 6.42 Å². The summed E-state index contributed by atoms with van der Waals surface area (Å²) in [4.78, 5) is 0. The highest BCUT2D eigenvalue weighted by Crippen LogP contribution is 2.29. The van der Waals surface area contributed by atoms with Gasteiger partial charge in [-0.15, -0.1) is 0 Å². The molecule has 4 heteroatoms. The Morgan fingerprint density at radius 1 is 1.62 bits per heavy atom.